The zero-order valence-electron chi connectivity index (χ0n) is 26.6. The van der Waals surface area contributed by atoms with Crippen LogP contribution in [0.4, 0.5) is 0 Å². The van der Waals surface area contributed by atoms with Crippen LogP contribution in [-0.4, -0.2) is 5.49 Å². The Balaban J connectivity index is 0.000000180. The molecule has 8 rings (SSSR count). The van der Waals surface area contributed by atoms with Crippen LogP contribution in [0.3, 0.4) is 0 Å². The van der Waals surface area contributed by atoms with E-state index in [1.807, 2.05) is 0 Å². The van der Waals surface area contributed by atoms with Crippen LogP contribution in [0.1, 0.15) is 11.1 Å². The molecule has 0 radical (unpaired) electrons. The maximum atomic E-state index is 2.33. The number of hydrogen-bond donors (Lipinski definition) is 0. The molecule has 0 N–H and O–H groups in total. The van der Waals surface area contributed by atoms with E-state index in [9.17, 15) is 0 Å². The Kier molecular flexibility index (Phi) is 12.4. The first-order chi connectivity index (χ1) is 21.4. The van der Waals surface area contributed by atoms with Crippen molar-refractivity contribution < 1.29 is 47.8 Å². The first kappa shape index (κ1) is 35.6. The summed E-state index contributed by atoms with van der Waals surface area (Å²) in [5.41, 5.74) is 8.14. The van der Waals surface area contributed by atoms with Gasteiger partial charge in [-0.25, -0.2) is 0 Å². The molecule has 0 saturated carbocycles. The third kappa shape index (κ3) is 8.16. The predicted octanol–water partition coefficient (Wildman–Crippen LogP) is 6.17. The van der Waals surface area contributed by atoms with Gasteiger partial charge < -0.3 is 24.8 Å². The van der Waals surface area contributed by atoms with Gasteiger partial charge in [0.15, 0.2) is 0 Å². The topological polar surface area (TPSA) is 0 Å². The number of hydrogen-bond acceptors (Lipinski definition) is 0. The van der Waals surface area contributed by atoms with E-state index in [1.165, 1.54) is 99.5 Å². The van der Waals surface area contributed by atoms with Crippen molar-refractivity contribution in [3.8, 4) is 22.3 Å². The van der Waals surface area contributed by atoms with E-state index < -0.39 is 0 Å². The van der Waals surface area contributed by atoms with Gasteiger partial charge in [0.25, 0.3) is 0 Å². The Hall–Kier alpha value is -3.27. The molecular weight excluding hydrogens is 782 g/mol. The summed E-state index contributed by atoms with van der Waals surface area (Å²) in [6.45, 7) is 8.97. The first-order valence-electron chi connectivity index (χ1n) is 15.2. The fourth-order valence-electron chi connectivity index (χ4n) is 5.99. The van der Waals surface area contributed by atoms with Crippen molar-refractivity contribution in [1.29, 1.82) is 0 Å². The van der Waals surface area contributed by atoms with Gasteiger partial charge >= 0.3 is 41.6 Å². The maximum absolute atomic E-state index is 2.33. The molecule has 0 heterocycles. The van der Waals surface area contributed by atoms with Gasteiger partial charge in [0.2, 0.25) is 0 Å². The normalized spacial score (nSPS) is 10.4. The summed E-state index contributed by atoms with van der Waals surface area (Å²) in [5, 5.41) is 10.5. The average Bonchev–Trinajstić information content (AvgIpc) is 3.61. The van der Waals surface area contributed by atoms with Crippen molar-refractivity contribution in [2.24, 2.45) is 0 Å². The second kappa shape index (κ2) is 16.0. The van der Waals surface area contributed by atoms with Crippen molar-refractivity contribution in [3.63, 3.8) is 0 Å². The smallest absolute Gasteiger partial charge is 0.0178 e. The Morgan fingerprint density at radius 3 is 1.22 bits per heavy atom. The van der Waals surface area contributed by atoms with E-state index in [0.29, 0.717) is 0 Å². The van der Waals surface area contributed by atoms with Gasteiger partial charge in [0, 0.05) is 0 Å². The van der Waals surface area contributed by atoms with Crippen LogP contribution in [0.2, 0.25) is 13.1 Å². The van der Waals surface area contributed by atoms with Crippen LogP contribution in [0.5, 0.6) is 0 Å². The second-order valence-corrected chi connectivity index (χ2v) is 24.6. The molecule has 0 spiro atoms. The molecule has 0 nitrogen and oxygen atoms in total. The molecule has 0 aliphatic rings. The number of benzene rings is 6. The van der Waals surface area contributed by atoms with Gasteiger partial charge in [-0.1, -0.05) is 110 Å². The van der Waals surface area contributed by atoms with Gasteiger partial charge in [0.05, 0.1) is 0 Å². The minimum absolute atomic E-state index is 0. The number of rotatable bonds is 2. The summed E-state index contributed by atoms with van der Waals surface area (Å²) in [7, 11) is 0. The summed E-state index contributed by atoms with van der Waals surface area (Å²) in [4.78, 5) is 0. The zero-order valence-corrected chi connectivity index (χ0v) is 32.7. The Labute approximate surface area is 300 Å². The largest absolute Gasteiger partial charge is 1.00 e. The summed E-state index contributed by atoms with van der Waals surface area (Å²) in [6, 6.07) is 52.6. The molecule has 0 amide bonds. The van der Waals surface area contributed by atoms with Crippen molar-refractivity contribution in [2.45, 2.75) is 26.9 Å². The summed E-state index contributed by atoms with van der Waals surface area (Å²) < 4.78 is 0. The van der Waals surface area contributed by atoms with Crippen molar-refractivity contribution in [2.75, 3.05) is 0 Å². The second-order valence-electron chi connectivity index (χ2n) is 11.8. The number of fused-ring (bicyclic) bond motifs is 4. The fourth-order valence-corrected chi connectivity index (χ4v) is 5.99. The minimum atomic E-state index is 0. The molecule has 0 aliphatic heterocycles. The van der Waals surface area contributed by atoms with E-state index in [1.54, 1.807) is 0 Å². The zero-order chi connectivity index (χ0) is 30.6. The molecular formula is C42H36Cl2HfSi-2. The SMILES string of the molecule is C[Si](C)=[Hf+2].Cc1cc2c(-c3ccc4ccccc4c3)cccc2[cH-]1.Cc1cc2c(-c3ccc4ccccc4c3)cccc2[cH-]1.[Cl-].[Cl-]. The van der Waals surface area contributed by atoms with E-state index in [4.69, 9.17) is 0 Å². The average molecular weight is 818 g/mol. The van der Waals surface area contributed by atoms with Gasteiger partial charge in [-0.3, -0.25) is 0 Å². The third-order valence-electron chi connectivity index (χ3n) is 7.91. The Morgan fingerprint density at radius 2 is 0.826 bits per heavy atom. The summed E-state index contributed by atoms with van der Waals surface area (Å²) >= 11 is 1.45. The monoisotopic (exact) mass is 818 g/mol. The molecule has 8 aromatic rings. The molecule has 228 valence electrons. The van der Waals surface area contributed by atoms with Gasteiger partial charge in [-0.15, -0.1) is 69.1 Å². The molecule has 4 heteroatoms. The quantitative estimate of drug-likeness (QED) is 0.145. The van der Waals surface area contributed by atoms with Crippen LogP contribution >= 0.6 is 0 Å². The molecule has 0 fully saturated rings. The van der Waals surface area contributed by atoms with Crippen molar-refractivity contribution >= 4 is 48.6 Å². The predicted molar refractivity (Wildman–Crippen MR) is 192 cm³/mol. The van der Waals surface area contributed by atoms with E-state index in [2.05, 4.69) is 173 Å². The molecule has 0 bridgehead atoms. The summed E-state index contributed by atoms with van der Waals surface area (Å²) in [5.74, 6) is 0. The van der Waals surface area contributed by atoms with E-state index >= 15 is 0 Å². The van der Waals surface area contributed by atoms with Gasteiger partial charge in [0.1, 0.15) is 0 Å². The molecule has 0 aliphatic carbocycles. The van der Waals surface area contributed by atoms with Crippen molar-refractivity contribution in [1.82, 2.24) is 0 Å². The Bertz CT molecular complexity index is 2100. The molecule has 8 aromatic carbocycles. The van der Waals surface area contributed by atoms with Crippen molar-refractivity contribution in [3.05, 3.63) is 157 Å². The molecule has 0 saturated heterocycles. The number of aryl methyl sites for hydroxylation is 2. The van der Waals surface area contributed by atoms with Crippen LogP contribution in [0.15, 0.2) is 146 Å². The first-order valence-corrected chi connectivity index (χ1v) is 23.1. The standard InChI is InChI=1S/2C20H15.C2H6Si.2ClH.Hf/c2*1-14-11-17-7-4-8-19(20(17)12-14)18-10-9-15-5-2-3-6-16(15)13-18;1-3-2;;;/h2*2-13H,1H3;1-2H3;2*1H;/q2*-1;;;;+2/p-2. The van der Waals surface area contributed by atoms with Crippen LogP contribution in [-0.2, 0) is 23.0 Å². The number of halogens is 2. The molecule has 0 aromatic heterocycles. The maximum Gasteiger partial charge on any atom is -0.0178 e. The van der Waals surface area contributed by atoms with Gasteiger partial charge in [-0.05, 0) is 44.8 Å². The third-order valence-corrected chi connectivity index (χ3v) is 7.91. The fraction of sp³-hybridized carbons (Fsp3) is 0.0952. The van der Waals surface area contributed by atoms with E-state index in [0.717, 1.165) is 0 Å². The van der Waals surface area contributed by atoms with E-state index in [-0.39, 0.29) is 30.3 Å². The summed E-state index contributed by atoms with van der Waals surface area (Å²) in [6.07, 6.45) is 0. The molecule has 0 atom stereocenters. The molecule has 46 heavy (non-hydrogen) atoms. The van der Waals surface area contributed by atoms with Crippen LogP contribution in [0.25, 0.3) is 65.3 Å². The Morgan fingerprint density at radius 1 is 0.457 bits per heavy atom. The van der Waals surface area contributed by atoms with Crippen LogP contribution in [0, 0.1) is 13.8 Å². The molecule has 0 unspecified atom stereocenters. The van der Waals surface area contributed by atoms with Gasteiger partial charge in [-0.2, -0.15) is 12.1 Å². The minimum Gasteiger partial charge on any atom is -1.00 e. The van der Waals surface area contributed by atoms with Crippen LogP contribution < -0.4 is 24.8 Å².